The number of thiazole rings is 1. The molecule has 0 aliphatic heterocycles. The summed E-state index contributed by atoms with van der Waals surface area (Å²) in [4.78, 5) is 16.3. The van der Waals surface area contributed by atoms with Crippen LogP contribution in [-0.2, 0) is 0 Å². The first-order valence-electron chi connectivity index (χ1n) is 5.73. The molecule has 0 aromatic carbocycles. The second kappa shape index (κ2) is 7.18. The molecule has 17 heavy (non-hydrogen) atoms. The first-order valence-corrected chi connectivity index (χ1v) is 6.55. The van der Waals surface area contributed by atoms with Gasteiger partial charge in [-0.3, -0.25) is 10.1 Å². The molecule has 0 spiro atoms. The number of nitro groups is 1. The number of aromatic nitrogens is 1. The third-order valence-corrected chi connectivity index (χ3v) is 3.40. The van der Waals surface area contributed by atoms with E-state index in [1.807, 2.05) is 0 Å². The Morgan fingerprint density at radius 3 is 2.76 bits per heavy atom. The highest BCUT2D eigenvalue weighted by Crippen LogP contribution is 2.24. The number of hydrogen-bond acceptors (Lipinski definition) is 6. The minimum Gasteiger partial charge on any atom is -0.361 e. The van der Waals surface area contributed by atoms with E-state index in [1.165, 1.54) is 6.20 Å². The van der Waals surface area contributed by atoms with Gasteiger partial charge >= 0.3 is 5.00 Å². The van der Waals surface area contributed by atoms with Crippen LogP contribution < -0.4 is 5.32 Å². The molecule has 0 fully saturated rings. The van der Waals surface area contributed by atoms with Crippen LogP contribution >= 0.6 is 11.3 Å². The third kappa shape index (κ3) is 4.66. The molecule has 7 heteroatoms. The van der Waals surface area contributed by atoms with Crippen molar-refractivity contribution >= 4 is 21.5 Å². The monoisotopic (exact) mass is 258 g/mol. The van der Waals surface area contributed by atoms with Gasteiger partial charge in [0, 0.05) is 6.54 Å². The molecule has 0 unspecified atom stereocenters. The number of nitrogens with zero attached hydrogens (tertiary/aromatic N) is 3. The summed E-state index contributed by atoms with van der Waals surface area (Å²) in [6.45, 7) is 8.22. The lowest BCUT2D eigenvalue weighted by molar-refractivity contribution is -0.380. The summed E-state index contributed by atoms with van der Waals surface area (Å²) < 4.78 is 0. The van der Waals surface area contributed by atoms with Gasteiger partial charge in [-0.2, -0.15) is 0 Å². The van der Waals surface area contributed by atoms with Crippen LogP contribution in [0.15, 0.2) is 6.20 Å². The zero-order valence-corrected chi connectivity index (χ0v) is 11.0. The lowest BCUT2D eigenvalue weighted by Gasteiger charge is -2.17. The van der Waals surface area contributed by atoms with Crippen LogP contribution in [0.3, 0.4) is 0 Å². The van der Waals surface area contributed by atoms with Gasteiger partial charge in [-0.05, 0) is 37.4 Å². The van der Waals surface area contributed by atoms with Crippen LogP contribution in [0.2, 0.25) is 0 Å². The Morgan fingerprint density at radius 1 is 1.53 bits per heavy atom. The second-order valence-electron chi connectivity index (χ2n) is 3.57. The Balaban J connectivity index is 2.24. The predicted octanol–water partition coefficient (Wildman–Crippen LogP) is 2.20. The molecule has 1 heterocycles. The normalized spacial score (nSPS) is 10.8. The van der Waals surface area contributed by atoms with Gasteiger partial charge in [-0.25, -0.2) is 4.98 Å². The highest BCUT2D eigenvalue weighted by atomic mass is 32.1. The average molecular weight is 258 g/mol. The number of anilines is 1. The topological polar surface area (TPSA) is 71.3 Å². The van der Waals surface area contributed by atoms with Crippen molar-refractivity contribution in [2.45, 2.75) is 20.3 Å². The Bertz CT molecular complexity index is 352. The fourth-order valence-electron chi connectivity index (χ4n) is 1.47. The SMILES string of the molecule is CCN(CC)CCCNc1ncc([N+](=O)[O-])s1. The second-order valence-corrected chi connectivity index (χ2v) is 4.58. The molecular formula is C10H18N4O2S. The number of nitrogens with one attached hydrogen (secondary N) is 1. The molecule has 96 valence electrons. The molecule has 0 aliphatic carbocycles. The fourth-order valence-corrected chi connectivity index (χ4v) is 2.13. The maximum absolute atomic E-state index is 10.5. The van der Waals surface area contributed by atoms with Crippen LogP contribution in [0.1, 0.15) is 20.3 Å². The largest absolute Gasteiger partial charge is 0.361 e. The van der Waals surface area contributed by atoms with Gasteiger partial charge in [-0.1, -0.05) is 13.8 Å². The van der Waals surface area contributed by atoms with Crippen LogP contribution in [0.4, 0.5) is 10.1 Å². The molecule has 6 nitrogen and oxygen atoms in total. The van der Waals surface area contributed by atoms with Crippen molar-refractivity contribution in [3.63, 3.8) is 0 Å². The molecule has 0 radical (unpaired) electrons. The average Bonchev–Trinajstić information content (AvgIpc) is 2.78. The molecule has 0 aliphatic rings. The molecule has 0 saturated carbocycles. The van der Waals surface area contributed by atoms with Crippen LogP contribution in [0.25, 0.3) is 0 Å². The maximum atomic E-state index is 10.5. The minimum absolute atomic E-state index is 0.0799. The van der Waals surface area contributed by atoms with E-state index >= 15 is 0 Å². The van der Waals surface area contributed by atoms with E-state index in [1.54, 1.807) is 0 Å². The van der Waals surface area contributed by atoms with Crippen molar-refractivity contribution in [2.24, 2.45) is 0 Å². The van der Waals surface area contributed by atoms with Crippen molar-refractivity contribution in [2.75, 3.05) is 31.5 Å². The van der Waals surface area contributed by atoms with Crippen molar-refractivity contribution < 1.29 is 4.92 Å². The quantitative estimate of drug-likeness (QED) is 0.439. The highest BCUT2D eigenvalue weighted by molar-refractivity contribution is 7.18. The van der Waals surface area contributed by atoms with Crippen molar-refractivity contribution in [3.05, 3.63) is 16.3 Å². The fraction of sp³-hybridized carbons (Fsp3) is 0.700. The number of rotatable bonds is 8. The molecule has 0 amide bonds. The van der Waals surface area contributed by atoms with Gasteiger partial charge in [0.1, 0.15) is 6.20 Å². The highest BCUT2D eigenvalue weighted by Gasteiger charge is 2.10. The maximum Gasteiger partial charge on any atom is 0.345 e. The zero-order chi connectivity index (χ0) is 12.7. The van der Waals surface area contributed by atoms with Crippen LogP contribution in [0, 0.1) is 10.1 Å². The molecule has 0 atom stereocenters. The van der Waals surface area contributed by atoms with E-state index in [0.29, 0.717) is 5.13 Å². The lowest BCUT2D eigenvalue weighted by Crippen LogP contribution is -2.25. The summed E-state index contributed by atoms with van der Waals surface area (Å²) in [6.07, 6.45) is 2.30. The smallest absolute Gasteiger partial charge is 0.345 e. The summed E-state index contributed by atoms with van der Waals surface area (Å²) in [5.41, 5.74) is 0. The van der Waals surface area contributed by atoms with Crippen LogP contribution in [0.5, 0.6) is 0 Å². The molecule has 1 rings (SSSR count). The summed E-state index contributed by atoms with van der Waals surface area (Å²) >= 11 is 1.08. The Hall–Kier alpha value is -1.21. The summed E-state index contributed by atoms with van der Waals surface area (Å²) in [5, 5.41) is 14.3. The number of hydrogen-bond donors (Lipinski definition) is 1. The lowest BCUT2D eigenvalue weighted by atomic mass is 10.3. The van der Waals surface area contributed by atoms with E-state index in [2.05, 4.69) is 29.0 Å². The van der Waals surface area contributed by atoms with E-state index in [-0.39, 0.29) is 5.00 Å². The Labute approximate surface area is 105 Å². The molecule has 1 N–H and O–H groups in total. The molecular weight excluding hydrogens is 240 g/mol. The van der Waals surface area contributed by atoms with E-state index < -0.39 is 4.92 Å². The van der Waals surface area contributed by atoms with Gasteiger partial charge in [-0.15, -0.1) is 0 Å². The van der Waals surface area contributed by atoms with Gasteiger partial charge < -0.3 is 10.2 Å². The van der Waals surface area contributed by atoms with E-state index in [9.17, 15) is 10.1 Å². The summed E-state index contributed by atoms with van der Waals surface area (Å²) in [5.74, 6) is 0. The van der Waals surface area contributed by atoms with Gasteiger partial charge in [0.2, 0.25) is 0 Å². The Morgan fingerprint density at radius 2 is 2.24 bits per heavy atom. The van der Waals surface area contributed by atoms with E-state index in [4.69, 9.17) is 0 Å². The van der Waals surface area contributed by atoms with Gasteiger partial charge in [0.15, 0.2) is 5.13 Å². The molecule has 1 aromatic rings. The summed E-state index contributed by atoms with van der Waals surface area (Å²) in [7, 11) is 0. The van der Waals surface area contributed by atoms with Gasteiger partial charge in [0.05, 0.1) is 4.92 Å². The first-order chi connectivity index (χ1) is 8.17. The minimum atomic E-state index is -0.418. The predicted molar refractivity (Wildman–Crippen MR) is 69.7 cm³/mol. The third-order valence-electron chi connectivity index (χ3n) is 2.50. The van der Waals surface area contributed by atoms with E-state index in [0.717, 1.165) is 43.9 Å². The molecule has 1 aromatic heterocycles. The van der Waals surface area contributed by atoms with Crippen molar-refractivity contribution in [3.8, 4) is 0 Å². The zero-order valence-electron chi connectivity index (χ0n) is 10.2. The first kappa shape index (κ1) is 13.9. The van der Waals surface area contributed by atoms with Gasteiger partial charge in [0.25, 0.3) is 0 Å². The standard InChI is InChI=1S/C10H18N4O2S/c1-3-13(4-2)7-5-6-11-10-12-8-9(17-10)14(15)16/h8H,3-7H2,1-2H3,(H,11,12). The molecule has 0 bridgehead atoms. The van der Waals surface area contributed by atoms with Crippen LogP contribution in [-0.4, -0.2) is 41.0 Å². The van der Waals surface area contributed by atoms with Crippen molar-refractivity contribution in [1.82, 2.24) is 9.88 Å². The molecule has 0 saturated heterocycles. The Kier molecular flexibility index (Phi) is 5.85. The summed E-state index contributed by atoms with van der Waals surface area (Å²) in [6, 6.07) is 0. The van der Waals surface area contributed by atoms with Crippen molar-refractivity contribution in [1.29, 1.82) is 0 Å².